The van der Waals surface area contributed by atoms with Gasteiger partial charge in [-0.05, 0) is 43.3 Å². The smallest absolute Gasteiger partial charge is 0.345 e. The van der Waals surface area contributed by atoms with Crippen LogP contribution in [0.3, 0.4) is 0 Å². The maximum absolute atomic E-state index is 13.3. The number of para-hydroxylation sites is 2. The molecule has 0 bridgehead atoms. The second-order valence-corrected chi connectivity index (χ2v) is 7.33. The van der Waals surface area contributed by atoms with Crippen molar-refractivity contribution in [2.75, 3.05) is 0 Å². The van der Waals surface area contributed by atoms with E-state index in [0.717, 1.165) is 16.8 Å². The molecule has 6 heteroatoms. The summed E-state index contributed by atoms with van der Waals surface area (Å²) in [4.78, 5) is 30.6. The third-order valence-electron chi connectivity index (χ3n) is 5.48. The van der Waals surface area contributed by atoms with Crippen molar-refractivity contribution in [1.82, 2.24) is 14.3 Å². The third kappa shape index (κ3) is 3.09. The fraction of sp³-hybridized carbons (Fsp3) is 0.0800. The SMILES string of the molecule is Cc1c(-c2cccc(-c3cc4ccccc4oc3=O)n2)c(=O)n(-c2ccccc2)n1C. The number of pyridine rings is 1. The van der Waals surface area contributed by atoms with Crippen molar-refractivity contribution in [1.29, 1.82) is 0 Å². The summed E-state index contributed by atoms with van der Waals surface area (Å²) in [5.41, 5.74) is 3.28. The summed E-state index contributed by atoms with van der Waals surface area (Å²) in [6.45, 7) is 1.88. The van der Waals surface area contributed by atoms with Crippen molar-refractivity contribution in [3.63, 3.8) is 0 Å². The van der Waals surface area contributed by atoms with E-state index in [1.807, 2.05) is 67.2 Å². The highest BCUT2D eigenvalue weighted by Crippen LogP contribution is 2.24. The van der Waals surface area contributed by atoms with Gasteiger partial charge in [-0.2, -0.15) is 0 Å². The predicted molar refractivity (Wildman–Crippen MR) is 120 cm³/mol. The van der Waals surface area contributed by atoms with E-state index in [4.69, 9.17) is 4.42 Å². The molecule has 0 aliphatic heterocycles. The summed E-state index contributed by atoms with van der Waals surface area (Å²) in [6, 6.07) is 23.9. The molecule has 31 heavy (non-hydrogen) atoms. The van der Waals surface area contributed by atoms with Gasteiger partial charge in [0.05, 0.1) is 28.2 Å². The van der Waals surface area contributed by atoms with Crippen LogP contribution in [0.4, 0.5) is 0 Å². The summed E-state index contributed by atoms with van der Waals surface area (Å²) in [7, 11) is 1.84. The quantitative estimate of drug-likeness (QED) is 0.416. The zero-order chi connectivity index (χ0) is 21.5. The number of hydrogen-bond acceptors (Lipinski definition) is 4. The number of benzene rings is 2. The van der Waals surface area contributed by atoms with Crippen LogP contribution in [0, 0.1) is 6.92 Å². The van der Waals surface area contributed by atoms with Crippen LogP contribution in [0.25, 0.3) is 39.2 Å². The Morgan fingerprint density at radius 3 is 2.35 bits per heavy atom. The lowest BCUT2D eigenvalue weighted by atomic mass is 10.1. The Morgan fingerprint density at radius 1 is 0.839 bits per heavy atom. The van der Waals surface area contributed by atoms with Crippen LogP contribution in [0.5, 0.6) is 0 Å². The van der Waals surface area contributed by atoms with E-state index in [1.165, 1.54) is 0 Å². The van der Waals surface area contributed by atoms with Gasteiger partial charge in [-0.1, -0.05) is 42.5 Å². The second kappa shape index (κ2) is 7.25. The van der Waals surface area contributed by atoms with Crippen LogP contribution in [0.15, 0.2) is 92.9 Å². The van der Waals surface area contributed by atoms with Gasteiger partial charge in [0, 0.05) is 18.1 Å². The molecule has 0 N–H and O–H groups in total. The second-order valence-electron chi connectivity index (χ2n) is 7.33. The van der Waals surface area contributed by atoms with Crippen molar-refractivity contribution in [3.8, 4) is 28.2 Å². The average molecular weight is 409 g/mol. The number of fused-ring (bicyclic) bond motifs is 1. The minimum absolute atomic E-state index is 0.165. The molecule has 5 aromatic rings. The Labute approximate surface area is 177 Å². The number of aromatic nitrogens is 3. The van der Waals surface area contributed by atoms with E-state index in [1.54, 1.807) is 35.0 Å². The Hall–Kier alpha value is -4.19. The maximum Gasteiger partial charge on any atom is 0.345 e. The first-order valence-corrected chi connectivity index (χ1v) is 9.89. The summed E-state index contributed by atoms with van der Waals surface area (Å²) < 4.78 is 8.88. The summed E-state index contributed by atoms with van der Waals surface area (Å²) in [5.74, 6) is 0. The normalized spacial score (nSPS) is 11.2. The van der Waals surface area contributed by atoms with E-state index in [-0.39, 0.29) is 5.56 Å². The summed E-state index contributed by atoms with van der Waals surface area (Å²) in [6.07, 6.45) is 0. The van der Waals surface area contributed by atoms with Crippen LogP contribution in [0.2, 0.25) is 0 Å². The third-order valence-corrected chi connectivity index (χ3v) is 5.48. The van der Waals surface area contributed by atoms with Gasteiger partial charge >= 0.3 is 5.63 Å². The van der Waals surface area contributed by atoms with Gasteiger partial charge in [-0.25, -0.2) is 14.5 Å². The molecule has 0 atom stereocenters. The maximum atomic E-state index is 13.3. The van der Waals surface area contributed by atoms with Crippen LogP contribution in [-0.4, -0.2) is 14.3 Å². The minimum atomic E-state index is -0.463. The van der Waals surface area contributed by atoms with Gasteiger partial charge in [0.15, 0.2) is 0 Å². The Bertz CT molecular complexity index is 1540. The highest BCUT2D eigenvalue weighted by molar-refractivity contribution is 5.81. The largest absolute Gasteiger partial charge is 0.422 e. The average Bonchev–Trinajstić information content (AvgIpc) is 3.02. The first kappa shape index (κ1) is 18.8. The molecular weight excluding hydrogens is 390 g/mol. The number of hydrogen-bond donors (Lipinski definition) is 0. The Morgan fingerprint density at radius 2 is 1.55 bits per heavy atom. The van der Waals surface area contributed by atoms with Gasteiger partial charge in [-0.3, -0.25) is 9.48 Å². The molecule has 0 amide bonds. The first-order chi connectivity index (χ1) is 15.0. The highest BCUT2D eigenvalue weighted by Gasteiger charge is 2.19. The molecule has 0 spiro atoms. The molecule has 0 aliphatic carbocycles. The molecule has 2 aromatic carbocycles. The Kier molecular flexibility index (Phi) is 4.40. The molecule has 6 nitrogen and oxygen atoms in total. The molecule has 3 heterocycles. The molecule has 152 valence electrons. The van der Waals surface area contributed by atoms with Gasteiger partial charge < -0.3 is 4.42 Å². The minimum Gasteiger partial charge on any atom is -0.422 e. The molecule has 3 aromatic heterocycles. The summed E-state index contributed by atoms with van der Waals surface area (Å²) in [5, 5.41) is 0.812. The zero-order valence-corrected chi connectivity index (χ0v) is 17.1. The van der Waals surface area contributed by atoms with Gasteiger partial charge in [0.2, 0.25) is 0 Å². The first-order valence-electron chi connectivity index (χ1n) is 9.89. The van der Waals surface area contributed by atoms with Crippen molar-refractivity contribution in [2.24, 2.45) is 7.05 Å². The lowest BCUT2D eigenvalue weighted by Crippen LogP contribution is -2.20. The molecular formula is C25H19N3O3. The number of rotatable bonds is 3. The lowest BCUT2D eigenvalue weighted by molar-refractivity contribution is 0.563. The zero-order valence-electron chi connectivity index (χ0n) is 17.1. The highest BCUT2D eigenvalue weighted by atomic mass is 16.4. The van der Waals surface area contributed by atoms with E-state index >= 15 is 0 Å². The van der Waals surface area contributed by atoms with Crippen LogP contribution >= 0.6 is 0 Å². The topological polar surface area (TPSA) is 70.0 Å². The van der Waals surface area contributed by atoms with Crippen molar-refractivity contribution < 1.29 is 4.42 Å². The lowest BCUT2D eigenvalue weighted by Gasteiger charge is -2.07. The van der Waals surface area contributed by atoms with Crippen LogP contribution in [-0.2, 0) is 7.05 Å². The molecule has 0 radical (unpaired) electrons. The Balaban J connectivity index is 1.69. The molecule has 0 aliphatic rings. The molecule has 5 rings (SSSR count). The van der Waals surface area contributed by atoms with E-state index in [9.17, 15) is 9.59 Å². The monoisotopic (exact) mass is 409 g/mol. The predicted octanol–water partition coefficient (Wildman–Crippen LogP) is 4.32. The van der Waals surface area contributed by atoms with E-state index in [2.05, 4.69) is 4.98 Å². The number of nitrogens with zero attached hydrogens (tertiary/aromatic N) is 3. The summed E-state index contributed by atoms with van der Waals surface area (Å²) >= 11 is 0. The molecule has 0 fully saturated rings. The van der Waals surface area contributed by atoms with E-state index < -0.39 is 5.63 Å². The van der Waals surface area contributed by atoms with Crippen LogP contribution < -0.4 is 11.2 Å². The van der Waals surface area contributed by atoms with Crippen molar-refractivity contribution >= 4 is 11.0 Å². The standard InChI is InChI=1S/C25H19N3O3/c1-16-23(24(29)28(27(16)2)18-10-4-3-5-11-18)21-13-8-12-20(26-21)19-15-17-9-6-7-14-22(17)31-25(19)30/h3-15H,1-2H3. The van der Waals surface area contributed by atoms with Gasteiger partial charge in [-0.15, -0.1) is 0 Å². The molecule has 0 saturated carbocycles. The van der Waals surface area contributed by atoms with Crippen molar-refractivity contribution in [2.45, 2.75) is 6.92 Å². The fourth-order valence-electron chi connectivity index (χ4n) is 3.83. The van der Waals surface area contributed by atoms with Gasteiger partial charge in [0.1, 0.15) is 5.58 Å². The molecule has 0 unspecified atom stereocenters. The molecule has 0 saturated heterocycles. The van der Waals surface area contributed by atoms with E-state index in [0.29, 0.717) is 28.1 Å². The van der Waals surface area contributed by atoms with Crippen molar-refractivity contribution in [3.05, 3.63) is 105 Å². The fourth-order valence-corrected chi connectivity index (χ4v) is 3.83. The van der Waals surface area contributed by atoms with Gasteiger partial charge in [0.25, 0.3) is 5.56 Å². The van der Waals surface area contributed by atoms with Crippen LogP contribution in [0.1, 0.15) is 5.69 Å².